The number of rotatable bonds is 7. The fourth-order valence-corrected chi connectivity index (χ4v) is 2.59. The Hall–Kier alpha value is -2.17. The van der Waals surface area contributed by atoms with Crippen LogP contribution in [0.4, 0.5) is 0 Å². The molecule has 0 saturated heterocycles. The van der Waals surface area contributed by atoms with Crippen molar-refractivity contribution in [2.24, 2.45) is 5.73 Å². The van der Waals surface area contributed by atoms with Gasteiger partial charge in [0.2, 0.25) is 5.91 Å². The summed E-state index contributed by atoms with van der Waals surface area (Å²) in [4.78, 5) is 14.8. The van der Waals surface area contributed by atoms with Crippen LogP contribution in [0.15, 0.2) is 54.6 Å². The Balaban J connectivity index is 2.00. The van der Waals surface area contributed by atoms with Crippen LogP contribution in [0.2, 0.25) is 0 Å². The van der Waals surface area contributed by atoms with Crippen LogP contribution >= 0.6 is 0 Å². The van der Waals surface area contributed by atoms with E-state index in [9.17, 15) is 4.79 Å². The van der Waals surface area contributed by atoms with Crippen LogP contribution in [0.1, 0.15) is 37.5 Å². The smallest absolute Gasteiger partial charge is 0.244 e. The van der Waals surface area contributed by atoms with E-state index in [1.54, 1.807) is 6.92 Å². The van der Waals surface area contributed by atoms with Crippen molar-refractivity contribution in [3.05, 3.63) is 71.3 Å². The predicted octanol–water partition coefficient (Wildman–Crippen LogP) is 3.02. The Bertz CT molecular complexity index is 695. The number of benzene rings is 2. The molecule has 0 spiro atoms. The molecule has 0 fully saturated rings. The molecule has 0 aliphatic carbocycles. The van der Waals surface area contributed by atoms with Gasteiger partial charge in [0.25, 0.3) is 0 Å². The number of amides is 1. The lowest BCUT2D eigenvalue weighted by molar-refractivity contribution is -0.126. The maximum absolute atomic E-state index is 12.5. The zero-order chi connectivity index (χ0) is 18.4. The third-order valence-corrected chi connectivity index (χ3v) is 4.60. The van der Waals surface area contributed by atoms with E-state index >= 15 is 0 Å². The zero-order valence-corrected chi connectivity index (χ0v) is 15.6. The first-order chi connectivity index (χ1) is 11.8. The normalized spacial score (nSPS) is 13.7. The molecule has 0 aromatic heterocycles. The molecule has 1 atom stereocenters. The first-order valence-corrected chi connectivity index (χ1v) is 8.71. The van der Waals surface area contributed by atoms with Gasteiger partial charge in [-0.3, -0.25) is 9.69 Å². The van der Waals surface area contributed by atoms with Crippen LogP contribution < -0.4 is 11.1 Å². The van der Waals surface area contributed by atoms with E-state index in [4.69, 9.17) is 5.73 Å². The van der Waals surface area contributed by atoms with Gasteiger partial charge < -0.3 is 11.1 Å². The number of nitrogens with one attached hydrogen (secondary N) is 1. The third-order valence-electron chi connectivity index (χ3n) is 4.60. The standard InChI is InChI=1S/C21H29N3O/c1-16(2)24(4)15-18-10-8-9-17(13-18)14-23-20(25)21(3,22)19-11-6-5-7-12-19/h5-13,16H,14-15,22H2,1-4H3,(H,23,25). The number of hydrogen-bond acceptors (Lipinski definition) is 3. The third kappa shape index (κ3) is 5.15. The van der Waals surface area contributed by atoms with E-state index in [1.807, 2.05) is 42.5 Å². The van der Waals surface area contributed by atoms with Crippen molar-refractivity contribution < 1.29 is 4.79 Å². The van der Waals surface area contributed by atoms with Crippen molar-refractivity contribution in [2.45, 2.75) is 45.4 Å². The van der Waals surface area contributed by atoms with E-state index in [0.29, 0.717) is 12.6 Å². The average molecular weight is 339 g/mol. The van der Waals surface area contributed by atoms with Gasteiger partial charge in [0.15, 0.2) is 0 Å². The molecule has 4 heteroatoms. The SMILES string of the molecule is CC(C)N(C)Cc1cccc(CNC(=O)C(C)(N)c2ccccc2)c1. The summed E-state index contributed by atoms with van der Waals surface area (Å²) in [7, 11) is 2.11. The Labute approximate surface area is 151 Å². The quantitative estimate of drug-likeness (QED) is 0.815. The molecule has 134 valence electrons. The molecule has 1 unspecified atom stereocenters. The maximum atomic E-state index is 12.5. The van der Waals surface area contributed by atoms with Crippen LogP contribution in [0.25, 0.3) is 0 Å². The predicted molar refractivity (Wildman–Crippen MR) is 103 cm³/mol. The summed E-state index contributed by atoms with van der Waals surface area (Å²) in [6.07, 6.45) is 0. The minimum absolute atomic E-state index is 0.177. The molecule has 2 rings (SSSR count). The summed E-state index contributed by atoms with van der Waals surface area (Å²) in [6, 6.07) is 18.2. The van der Waals surface area contributed by atoms with Crippen molar-refractivity contribution in [2.75, 3.05) is 7.05 Å². The molecule has 0 saturated carbocycles. The van der Waals surface area contributed by atoms with Crippen LogP contribution in [-0.2, 0) is 23.4 Å². The first-order valence-electron chi connectivity index (χ1n) is 8.71. The van der Waals surface area contributed by atoms with Crippen LogP contribution in [0.5, 0.6) is 0 Å². The maximum Gasteiger partial charge on any atom is 0.244 e. The van der Waals surface area contributed by atoms with Gasteiger partial charge >= 0.3 is 0 Å². The molecule has 25 heavy (non-hydrogen) atoms. The number of nitrogens with zero attached hydrogens (tertiary/aromatic N) is 1. The van der Waals surface area contributed by atoms with Crippen molar-refractivity contribution in [1.29, 1.82) is 0 Å². The largest absolute Gasteiger partial charge is 0.350 e. The highest BCUT2D eigenvalue weighted by atomic mass is 16.2. The average Bonchev–Trinajstić information content (AvgIpc) is 2.60. The summed E-state index contributed by atoms with van der Waals surface area (Å²) in [6.45, 7) is 7.45. The van der Waals surface area contributed by atoms with E-state index < -0.39 is 5.54 Å². The Morgan fingerprint density at radius 2 is 1.76 bits per heavy atom. The molecule has 0 aliphatic heterocycles. The van der Waals surface area contributed by atoms with E-state index in [0.717, 1.165) is 17.7 Å². The van der Waals surface area contributed by atoms with E-state index in [-0.39, 0.29) is 5.91 Å². The van der Waals surface area contributed by atoms with Gasteiger partial charge in [0.1, 0.15) is 5.54 Å². The van der Waals surface area contributed by atoms with Crippen molar-refractivity contribution in [3.8, 4) is 0 Å². The number of carbonyl (C=O) groups is 1. The van der Waals surface area contributed by atoms with Gasteiger partial charge in [-0.1, -0.05) is 54.6 Å². The molecule has 0 heterocycles. The Kier molecular flexibility index (Phi) is 6.34. The zero-order valence-electron chi connectivity index (χ0n) is 15.6. The lowest BCUT2D eigenvalue weighted by Crippen LogP contribution is -2.48. The summed E-state index contributed by atoms with van der Waals surface area (Å²) >= 11 is 0. The Morgan fingerprint density at radius 3 is 2.40 bits per heavy atom. The lowest BCUT2D eigenvalue weighted by Gasteiger charge is -2.24. The highest BCUT2D eigenvalue weighted by Gasteiger charge is 2.29. The molecule has 0 radical (unpaired) electrons. The molecule has 2 aromatic carbocycles. The van der Waals surface area contributed by atoms with E-state index in [2.05, 4.69) is 43.2 Å². The van der Waals surface area contributed by atoms with Crippen molar-refractivity contribution in [1.82, 2.24) is 10.2 Å². The van der Waals surface area contributed by atoms with Crippen LogP contribution in [0, 0.1) is 0 Å². The number of hydrogen-bond donors (Lipinski definition) is 2. The second kappa shape index (κ2) is 8.28. The van der Waals surface area contributed by atoms with Gasteiger partial charge in [0.05, 0.1) is 0 Å². The summed E-state index contributed by atoms with van der Waals surface area (Å²) in [5.74, 6) is -0.177. The van der Waals surface area contributed by atoms with Crippen molar-refractivity contribution >= 4 is 5.91 Å². The molecule has 1 amide bonds. The van der Waals surface area contributed by atoms with E-state index in [1.165, 1.54) is 5.56 Å². The Morgan fingerprint density at radius 1 is 1.12 bits per heavy atom. The van der Waals surface area contributed by atoms with Crippen molar-refractivity contribution in [3.63, 3.8) is 0 Å². The second-order valence-corrected chi connectivity index (χ2v) is 7.08. The monoisotopic (exact) mass is 339 g/mol. The minimum atomic E-state index is -1.04. The van der Waals surface area contributed by atoms with Crippen LogP contribution in [-0.4, -0.2) is 23.9 Å². The molecule has 0 bridgehead atoms. The highest BCUT2D eigenvalue weighted by Crippen LogP contribution is 2.18. The fraction of sp³-hybridized carbons (Fsp3) is 0.381. The first kappa shape index (κ1) is 19.2. The van der Waals surface area contributed by atoms with Gasteiger partial charge in [-0.15, -0.1) is 0 Å². The minimum Gasteiger partial charge on any atom is -0.350 e. The fourth-order valence-electron chi connectivity index (χ4n) is 2.59. The van der Waals surface area contributed by atoms with Crippen LogP contribution in [0.3, 0.4) is 0 Å². The van der Waals surface area contributed by atoms with Gasteiger partial charge in [-0.2, -0.15) is 0 Å². The lowest BCUT2D eigenvalue weighted by atomic mass is 9.92. The second-order valence-electron chi connectivity index (χ2n) is 7.08. The number of carbonyl (C=O) groups excluding carboxylic acids is 1. The van der Waals surface area contributed by atoms with Gasteiger partial charge in [0, 0.05) is 19.1 Å². The summed E-state index contributed by atoms with van der Waals surface area (Å²) < 4.78 is 0. The van der Waals surface area contributed by atoms with Gasteiger partial charge in [-0.05, 0) is 44.5 Å². The molecular formula is C21H29N3O. The molecule has 3 N–H and O–H groups in total. The molecule has 4 nitrogen and oxygen atoms in total. The molecule has 2 aromatic rings. The topological polar surface area (TPSA) is 58.4 Å². The summed E-state index contributed by atoms with van der Waals surface area (Å²) in [5.41, 5.74) is 8.33. The number of nitrogens with two attached hydrogens (primary N) is 1. The highest BCUT2D eigenvalue weighted by molar-refractivity contribution is 5.86. The summed E-state index contributed by atoms with van der Waals surface area (Å²) in [5, 5.41) is 2.96. The van der Waals surface area contributed by atoms with Gasteiger partial charge in [-0.25, -0.2) is 0 Å². The molecular weight excluding hydrogens is 310 g/mol. The molecule has 0 aliphatic rings.